The highest BCUT2D eigenvalue weighted by Gasteiger charge is 2.21. The topological polar surface area (TPSA) is 87.7 Å². The van der Waals surface area contributed by atoms with Crippen LogP contribution in [0.5, 0.6) is 0 Å². The van der Waals surface area contributed by atoms with E-state index in [0.717, 1.165) is 40.7 Å². The third kappa shape index (κ3) is 4.21. The molecule has 0 atom stereocenters. The molecule has 0 spiro atoms. The third-order valence-corrected chi connectivity index (χ3v) is 9.02. The summed E-state index contributed by atoms with van der Waals surface area (Å²) >= 11 is 6.24. The molecule has 1 amide bonds. The predicted molar refractivity (Wildman–Crippen MR) is 132 cm³/mol. The summed E-state index contributed by atoms with van der Waals surface area (Å²) in [5.41, 5.74) is 3.15. The highest BCUT2D eigenvalue weighted by Crippen LogP contribution is 2.35. The summed E-state index contributed by atoms with van der Waals surface area (Å²) in [6.45, 7) is 4.17. The average Bonchev–Trinajstić information content (AvgIpc) is 3.46. The number of amides is 1. The summed E-state index contributed by atoms with van der Waals surface area (Å²) in [6, 6.07) is 2.13. The molecule has 0 radical (unpaired) electrons. The van der Waals surface area contributed by atoms with Crippen LogP contribution in [0.3, 0.4) is 0 Å². The van der Waals surface area contributed by atoms with Gasteiger partial charge in [-0.2, -0.15) is 0 Å². The van der Waals surface area contributed by atoms with Gasteiger partial charge >= 0.3 is 0 Å². The van der Waals surface area contributed by atoms with Crippen molar-refractivity contribution in [2.75, 3.05) is 11.1 Å². The summed E-state index contributed by atoms with van der Waals surface area (Å²) < 4.78 is 0. The summed E-state index contributed by atoms with van der Waals surface area (Å²) in [6.07, 6.45) is 3.14. The number of nitrogens with zero attached hydrogens (tertiary/aromatic N) is 2. The lowest BCUT2D eigenvalue weighted by molar-refractivity contribution is -0.113. The molecule has 0 fully saturated rings. The number of H-pyrrole nitrogens is 1. The van der Waals surface area contributed by atoms with Gasteiger partial charge in [-0.3, -0.25) is 9.59 Å². The van der Waals surface area contributed by atoms with Gasteiger partial charge < -0.3 is 10.3 Å². The standard InChI is InChI=1S/C21H20N4O2S4/c1-10-6-13(11(2)30-10)14-7-29-21(22-14)25-17(26)9-28-8-16-23-19(27)18-12-4-3-5-15(12)31-20(18)24-16/h6-7H,3-5,8-9H2,1-2H3,(H,22,25,26)(H,23,24,27). The SMILES string of the molecule is Cc1cc(-c2csc(NC(=O)CSCc3nc4sc5c(c4c(=O)[nH]3)CCC5)n2)c(C)s1. The fourth-order valence-electron chi connectivity index (χ4n) is 3.85. The number of carbonyl (C=O) groups is 1. The van der Waals surface area contributed by atoms with Crippen LogP contribution in [0.25, 0.3) is 21.5 Å². The Morgan fingerprint density at radius 2 is 2.13 bits per heavy atom. The molecule has 0 saturated carbocycles. The summed E-state index contributed by atoms with van der Waals surface area (Å²) in [7, 11) is 0. The number of hydrogen-bond donors (Lipinski definition) is 2. The second kappa shape index (κ2) is 8.50. The van der Waals surface area contributed by atoms with Crippen LogP contribution >= 0.6 is 45.8 Å². The van der Waals surface area contributed by atoms with Gasteiger partial charge in [0.25, 0.3) is 5.56 Å². The summed E-state index contributed by atoms with van der Waals surface area (Å²) in [5.74, 6) is 1.27. The highest BCUT2D eigenvalue weighted by atomic mass is 32.2. The molecule has 160 valence electrons. The van der Waals surface area contributed by atoms with Gasteiger partial charge in [0.1, 0.15) is 10.7 Å². The van der Waals surface area contributed by atoms with E-state index in [-0.39, 0.29) is 17.2 Å². The number of thioether (sulfide) groups is 1. The number of aryl methyl sites for hydroxylation is 4. The minimum absolute atomic E-state index is 0.0567. The Labute approximate surface area is 195 Å². The minimum Gasteiger partial charge on any atom is -0.309 e. The molecule has 4 aromatic rings. The van der Waals surface area contributed by atoms with Crippen molar-refractivity contribution in [1.82, 2.24) is 15.0 Å². The Hall–Kier alpha value is -2.01. The molecule has 5 rings (SSSR count). The van der Waals surface area contributed by atoms with Gasteiger partial charge in [0, 0.05) is 25.6 Å². The van der Waals surface area contributed by atoms with Crippen LogP contribution in [0.4, 0.5) is 5.13 Å². The van der Waals surface area contributed by atoms with Gasteiger partial charge in [0.15, 0.2) is 5.13 Å². The summed E-state index contributed by atoms with van der Waals surface area (Å²) in [5, 5.41) is 6.21. The Kier molecular flexibility index (Phi) is 5.72. The first-order chi connectivity index (χ1) is 15.0. The maximum Gasteiger partial charge on any atom is 0.259 e. The molecule has 0 aromatic carbocycles. The Morgan fingerprint density at radius 3 is 2.94 bits per heavy atom. The molecule has 0 aliphatic heterocycles. The number of hydrogen-bond acceptors (Lipinski definition) is 8. The second-order valence-electron chi connectivity index (χ2n) is 7.46. The largest absolute Gasteiger partial charge is 0.309 e. The Morgan fingerprint density at radius 1 is 1.26 bits per heavy atom. The lowest BCUT2D eigenvalue weighted by Crippen LogP contribution is -2.15. The fraction of sp³-hybridized carbons (Fsp3) is 0.333. The van der Waals surface area contributed by atoms with Crippen molar-refractivity contribution >= 4 is 67.0 Å². The molecule has 4 aromatic heterocycles. The molecule has 4 heterocycles. The normalized spacial score (nSPS) is 13.1. The number of thiophene rings is 2. The number of aromatic amines is 1. The molecule has 1 aliphatic rings. The monoisotopic (exact) mass is 488 g/mol. The number of nitrogens with one attached hydrogen (secondary N) is 2. The third-order valence-electron chi connectivity index (χ3n) is 5.16. The maximum absolute atomic E-state index is 12.5. The van der Waals surface area contributed by atoms with Crippen LogP contribution < -0.4 is 10.9 Å². The van der Waals surface area contributed by atoms with Gasteiger partial charge in [-0.15, -0.1) is 45.8 Å². The number of anilines is 1. The second-order valence-corrected chi connectivity index (χ2v) is 11.8. The van der Waals surface area contributed by atoms with Crippen molar-refractivity contribution in [2.45, 2.75) is 38.9 Å². The quantitative estimate of drug-likeness (QED) is 0.392. The number of carbonyl (C=O) groups excluding carboxylic acids is 1. The van der Waals surface area contributed by atoms with Crippen molar-refractivity contribution in [3.05, 3.63) is 47.8 Å². The molecule has 0 unspecified atom stereocenters. The van der Waals surface area contributed by atoms with Crippen molar-refractivity contribution < 1.29 is 4.79 Å². The molecular formula is C21H20N4O2S4. The van der Waals surface area contributed by atoms with Gasteiger partial charge in [0.05, 0.1) is 22.6 Å². The molecule has 2 N–H and O–H groups in total. The average molecular weight is 489 g/mol. The van der Waals surface area contributed by atoms with Crippen LogP contribution in [0, 0.1) is 13.8 Å². The van der Waals surface area contributed by atoms with E-state index < -0.39 is 0 Å². The predicted octanol–water partition coefficient (Wildman–Crippen LogP) is 5.15. The smallest absolute Gasteiger partial charge is 0.259 e. The van der Waals surface area contributed by atoms with E-state index in [1.807, 2.05) is 5.38 Å². The molecule has 6 nitrogen and oxygen atoms in total. The first kappa shape index (κ1) is 20.9. The minimum atomic E-state index is -0.109. The zero-order valence-corrected chi connectivity index (χ0v) is 20.3. The van der Waals surface area contributed by atoms with Crippen LogP contribution in [0.2, 0.25) is 0 Å². The molecule has 1 aliphatic carbocycles. The Balaban J connectivity index is 1.19. The fourth-order valence-corrected chi connectivity index (χ4v) is 7.48. The van der Waals surface area contributed by atoms with Gasteiger partial charge in [-0.05, 0) is 44.7 Å². The summed E-state index contributed by atoms with van der Waals surface area (Å²) in [4.78, 5) is 41.5. The van der Waals surface area contributed by atoms with Crippen LogP contribution in [-0.2, 0) is 23.4 Å². The van der Waals surface area contributed by atoms with Crippen LogP contribution in [0.1, 0.15) is 32.4 Å². The lowest BCUT2D eigenvalue weighted by atomic mass is 10.2. The molecule has 10 heteroatoms. The van der Waals surface area contributed by atoms with Gasteiger partial charge in [0.2, 0.25) is 5.91 Å². The number of rotatable bonds is 6. The van der Waals surface area contributed by atoms with Gasteiger partial charge in [-0.25, -0.2) is 9.97 Å². The first-order valence-corrected chi connectivity index (χ1v) is 13.6. The maximum atomic E-state index is 12.5. The van der Waals surface area contributed by atoms with E-state index in [1.165, 1.54) is 43.3 Å². The van der Waals surface area contributed by atoms with E-state index in [9.17, 15) is 9.59 Å². The van der Waals surface area contributed by atoms with Crippen LogP contribution in [-0.4, -0.2) is 26.6 Å². The van der Waals surface area contributed by atoms with Crippen molar-refractivity contribution in [2.24, 2.45) is 0 Å². The van der Waals surface area contributed by atoms with E-state index in [1.54, 1.807) is 22.7 Å². The Bertz CT molecular complexity index is 1350. The van der Waals surface area contributed by atoms with Crippen molar-refractivity contribution in [1.29, 1.82) is 0 Å². The van der Waals surface area contributed by atoms with E-state index in [0.29, 0.717) is 16.7 Å². The van der Waals surface area contributed by atoms with Crippen LogP contribution in [0.15, 0.2) is 16.2 Å². The van der Waals surface area contributed by atoms with E-state index in [4.69, 9.17) is 0 Å². The zero-order valence-electron chi connectivity index (χ0n) is 17.0. The zero-order chi connectivity index (χ0) is 21.5. The molecular weight excluding hydrogens is 469 g/mol. The number of thiazole rings is 1. The van der Waals surface area contributed by atoms with E-state index >= 15 is 0 Å². The highest BCUT2D eigenvalue weighted by molar-refractivity contribution is 7.99. The van der Waals surface area contributed by atoms with Crippen molar-refractivity contribution in [3.63, 3.8) is 0 Å². The first-order valence-electron chi connectivity index (χ1n) is 9.92. The molecule has 31 heavy (non-hydrogen) atoms. The number of fused-ring (bicyclic) bond motifs is 3. The van der Waals surface area contributed by atoms with Crippen molar-refractivity contribution in [3.8, 4) is 11.3 Å². The van der Waals surface area contributed by atoms with Gasteiger partial charge in [-0.1, -0.05) is 0 Å². The number of aromatic nitrogens is 3. The van der Waals surface area contributed by atoms with E-state index in [2.05, 4.69) is 40.2 Å². The lowest BCUT2D eigenvalue weighted by Gasteiger charge is -2.03. The molecule has 0 bridgehead atoms. The molecule has 0 saturated heterocycles.